The Morgan fingerprint density at radius 1 is 0.853 bits per heavy atom. The molecule has 0 spiro atoms. The highest BCUT2D eigenvalue weighted by molar-refractivity contribution is 7.98. The topological polar surface area (TPSA) is 62.6 Å². The summed E-state index contributed by atoms with van der Waals surface area (Å²) in [6.45, 7) is 6.22. The molecule has 34 heavy (non-hydrogen) atoms. The fraction of sp³-hybridized carbons (Fsp3) is 0.259. The molecule has 0 fully saturated rings. The summed E-state index contributed by atoms with van der Waals surface area (Å²) in [6, 6.07) is 15.9. The largest absolute Gasteiger partial charge is 0.493 e. The fourth-order valence-electron chi connectivity index (χ4n) is 3.83. The van der Waals surface area contributed by atoms with E-state index in [1.165, 1.54) is 44.2 Å². The Balaban J connectivity index is 1.95. The lowest BCUT2D eigenvalue weighted by Crippen LogP contribution is -2.22. The Bertz CT molecular complexity index is 1410. The average molecular weight is 477 g/mol. The van der Waals surface area contributed by atoms with Gasteiger partial charge in [0.2, 0.25) is 5.75 Å². The summed E-state index contributed by atoms with van der Waals surface area (Å²) in [7, 11) is 4.60. The van der Waals surface area contributed by atoms with Crippen LogP contribution in [-0.2, 0) is 5.75 Å². The van der Waals surface area contributed by atoms with Gasteiger partial charge in [0, 0.05) is 5.75 Å². The highest BCUT2D eigenvalue weighted by Gasteiger charge is 2.22. The fourth-order valence-corrected chi connectivity index (χ4v) is 4.78. The maximum atomic E-state index is 13.8. The van der Waals surface area contributed by atoms with Crippen LogP contribution in [0.2, 0.25) is 0 Å². The van der Waals surface area contributed by atoms with Crippen LogP contribution in [0.25, 0.3) is 16.6 Å². The number of nitrogens with zero attached hydrogens (tertiary/aromatic N) is 2. The molecule has 0 atom stereocenters. The molecular weight excluding hydrogens is 448 g/mol. The van der Waals surface area contributed by atoms with Gasteiger partial charge in [-0.1, -0.05) is 47.7 Å². The number of rotatable bonds is 7. The van der Waals surface area contributed by atoms with Gasteiger partial charge in [-0.05, 0) is 55.7 Å². The summed E-state index contributed by atoms with van der Waals surface area (Å²) in [5.41, 5.74) is 5.76. The molecule has 4 aromatic rings. The summed E-state index contributed by atoms with van der Waals surface area (Å²) in [4.78, 5) is 18.7. The van der Waals surface area contributed by atoms with Gasteiger partial charge in [-0.15, -0.1) is 0 Å². The van der Waals surface area contributed by atoms with Crippen LogP contribution < -0.4 is 19.8 Å². The van der Waals surface area contributed by atoms with Crippen LogP contribution in [0.4, 0.5) is 0 Å². The Labute approximate surface area is 203 Å². The van der Waals surface area contributed by atoms with Crippen LogP contribution in [0.5, 0.6) is 17.2 Å². The number of aryl methyl sites for hydroxylation is 3. The SMILES string of the molecule is COc1cc2c(=O)n(-c3ccc(C)cc3)c(SCc3ccc(C)c(C)c3)nc2c(OC)c1OC. The number of thioether (sulfide) groups is 1. The molecule has 176 valence electrons. The molecule has 0 saturated heterocycles. The van der Waals surface area contributed by atoms with Crippen LogP contribution >= 0.6 is 11.8 Å². The zero-order valence-electron chi connectivity index (χ0n) is 20.3. The molecule has 0 aliphatic rings. The Kier molecular flexibility index (Phi) is 6.84. The first-order chi connectivity index (χ1) is 16.4. The lowest BCUT2D eigenvalue weighted by molar-refractivity contribution is 0.326. The van der Waals surface area contributed by atoms with Gasteiger partial charge in [0.25, 0.3) is 5.56 Å². The van der Waals surface area contributed by atoms with Crippen molar-refractivity contribution in [3.8, 4) is 22.9 Å². The molecule has 0 unspecified atom stereocenters. The van der Waals surface area contributed by atoms with Crippen molar-refractivity contribution < 1.29 is 14.2 Å². The molecule has 0 aliphatic carbocycles. The maximum Gasteiger partial charge on any atom is 0.266 e. The van der Waals surface area contributed by atoms with E-state index in [9.17, 15) is 4.79 Å². The smallest absolute Gasteiger partial charge is 0.266 e. The minimum absolute atomic E-state index is 0.198. The molecule has 1 heterocycles. The van der Waals surface area contributed by atoms with E-state index >= 15 is 0 Å². The Hall–Kier alpha value is -3.45. The predicted octanol–water partition coefficient (Wildman–Crippen LogP) is 5.63. The molecule has 0 N–H and O–H groups in total. The third-order valence-electron chi connectivity index (χ3n) is 5.87. The number of aromatic nitrogens is 2. The van der Waals surface area contributed by atoms with Crippen LogP contribution in [0.3, 0.4) is 0 Å². The van der Waals surface area contributed by atoms with Crippen LogP contribution in [0.1, 0.15) is 22.3 Å². The summed E-state index contributed by atoms with van der Waals surface area (Å²) >= 11 is 1.51. The molecule has 0 bridgehead atoms. The summed E-state index contributed by atoms with van der Waals surface area (Å²) in [5, 5.41) is 0.968. The maximum absolute atomic E-state index is 13.8. The lowest BCUT2D eigenvalue weighted by Gasteiger charge is -2.17. The molecule has 0 saturated carbocycles. The third kappa shape index (κ3) is 4.35. The third-order valence-corrected chi connectivity index (χ3v) is 6.88. The van der Waals surface area contributed by atoms with E-state index in [4.69, 9.17) is 19.2 Å². The number of fused-ring (bicyclic) bond motifs is 1. The van der Waals surface area contributed by atoms with Crippen LogP contribution in [0.15, 0.2) is 58.5 Å². The van der Waals surface area contributed by atoms with E-state index in [0.717, 1.165) is 16.8 Å². The van der Waals surface area contributed by atoms with Gasteiger partial charge >= 0.3 is 0 Å². The lowest BCUT2D eigenvalue weighted by atomic mass is 10.1. The van der Waals surface area contributed by atoms with Crippen LogP contribution in [0, 0.1) is 20.8 Å². The van der Waals surface area contributed by atoms with Gasteiger partial charge in [0.15, 0.2) is 16.7 Å². The molecular formula is C27H28N2O4S. The molecule has 4 rings (SSSR count). The van der Waals surface area contributed by atoms with Gasteiger partial charge in [-0.25, -0.2) is 4.98 Å². The van der Waals surface area contributed by atoms with E-state index < -0.39 is 0 Å². The molecule has 0 radical (unpaired) electrons. The van der Waals surface area contributed by atoms with Crippen molar-refractivity contribution in [2.75, 3.05) is 21.3 Å². The van der Waals surface area contributed by atoms with E-state index in [-0.39, 0.29) is 5.56 Å². The van der Waals surface area contributed by atoms with E-state index in [1.807, 2.05) is 31.2 Å². The van der Waals surface area contributed by atoms with Gasteiger partial charge in [-0.3, -0.25) is 9.36 Å². The molecule has 1 aromatic heterocycles. The molecule has 0 amide bonds. The first-order valence-corrected chi connectivity index (χ1v) is 11.9. The summed E-state index contributed by atoms with van der Waals surface area (Å²) < 4.78 is 18.3. The first-order valence-electron chi connectivity index (χ1n) is 10.9. The first kappa shape index (κ1) is 23.7. The van der Waals surface area contributed by atoms with Gasteiger partial charge in [-0.2, -0.15) is 0 Å². The van der Waals surface area contributed by atoms with Gasteiger partial charge < -0.3 is 14.2 Å². The second kappa shape index (κ2) is 9.81. The molecule has 6 nitrogen and oxygen atoms in total. The standard InChI is InChI=1S/C27H28N2O4S/c1-16-7-11-20(12-8-16)29-26(30)21-14-22(31-4)24(32-5)25(33-6)23(21)28-27(29)34-15-19-10-9-17(2)18(3)13-19/h7-14H,15H2,1-6H3. The number of hydrogen-bond acceptors (Lipinski definition) is 6. The van der Waals surface area contributed by atoms with Crippen molar-refractivity contribution in [1.82, 2.24) is 9.55 Å². The highest BCUT2D eigenvalue weighted by atomic mass is 32.2. The summed E-state index contributed by atoms with van der Waals surface area (Å²) in [6.07, 6.45) is 0. The molecule has 0 aliphatic heterocycles. The van der Waals surface area contributed by atoms with Crippen LogP contribution in [-0.4, -0.2) is 30.9 Å². The van der Waals surface area contributed by atoms with E-state index in [2.05, 4.69) is 32.0 Å². The highest BCUT2D eigenvalue weighted by Crippen LogP contribution is 2.42. The number of ether oxygens (including phenoxy) is 3. The van der Waals surface area contributed by atoms with Crippen molar-refractivity contribution >= 4 is 22.7 Å². The quantitative estimate of drug-likeness (QED) is 0.255. The normalized spacial score (nSPS) is 11.0. The van der Waals surface area contributed by atoms with Crippen molar-refractivity contribution in [2.45, 2.75) is 31.7 Å². The summed E-state index contributed by atoms with van der Waals surface area (Å²) in [5.74, 6) is 1.86. The minimum atomic E-state index is -0.198. The Morgan fingerprint density at radius 3 is 2.18 bits per heavy atom. The van der Waals surface area contributed by atoms with Crippen molar-refractivity contribution in [2.24, 2.45) is 0 Å². The number of methoxy groups -OCH3 is 3. The van der Waals surface area contributed by atoms with Gasteiger partial charge in [0.1, 0.15) is 5.52 Å². The monoisotopic (exact) mass is 476 g/mol. The van der Waals surface area contributed by atoms with Crippen molar-refractivity contribution in [3.05, 3.63) is 81.1 Å². The number of hydrogen-bond donors (Lipinski definition) is 0. The van der Waals surface area contributed by atoms with Crippen molar-refractivity contribution in [3.63, 3.8) is 0 Å². The second-order valence-corrected chi connectivity index (χ2v) is 9.06. The zero-order chi connectivity index (χ0) is 24.4. The Morgan fingerprint density at radius 2 is 1.56 bits per heavy atom. The average Bonchev–Trinajstić information content (AvgIpc) is 2.84. The van der Waals surface area contributed by atoms with Crippen molar-refractivity contribution in [1.29, 1.82) is 0 Å². The molecule has 7 heteroatoms. The zero-order valence-corrected chi connectivity index (χ0v) is 21.1. The minimum Gasteiger partial charge on any atom is -0.493 e. The van der Waals surface area contributed by atoms with E-state index in [1.54, 1.807) is 10.6 Å². The number of benzene rings is 3. The predicted molar refractivity (Wildman–Crippen MR) is 137 cm³/mol. The second-order valence-electron chi connectivity index (χ2n) is 8.12. The molecule has 3 aromatic carbocycles. The van der Waals surface area contributed by atoms with Gasteiger partial charge in [0.05, 0.1) is 32.4 Å². The van der Waals surface area contributed by atoms with E-state index in [0.29, 0.717) is 39.1 Å².